The van der Waals surface area contributed by atoms with E-state index in [-0.39, 0.29) is 18.3 Å². The number of hydrogen-bond donors (Lipinski definition) is 1. The Morgan fingerprint density at radius 1 is 1.22 bits per heavy atom. The molecule has 4 atom stereocenters. The van der Waals surface area contributed by atoms with Crippen LogP contribution in [0.3, 0.4) is 0 Å². The summed E-state index contributed by atoms with van der Waals surface area (Å²) in [6.45, 7) is 4.74. The Labute approximate surface area is 146 Å². The number of amides is 1. The fraction of sp³-hybridized carbons (Fsp3) is 0.632. The lowest BCUT2D eigenvalue weighted by molar-refractivity contribution is -0.138. The van der Waals surface area contributed by atoms with Gasteiger partial charge in [-0.25, -0.2) is 0 Å². The molecule has 0 bridgehead atoms. The number of nitrogens with zero attached hydrogens (tertiary/aromatic N) is 1. The van der Waals surface area contributed by atoms with Crippen molar-refractivity contribution in [2.45, 2.75) is 38.5 Å². The highest BCUT2D eigenvalue weighted by Gasteiger charge is 2.37. The number of likely N-dealkylation sites (tertiary alicyclic amines) is 1. The van der Waals surface area contributed by atoms with Gasteiger partial charge in [0.25, 0.3) is 0 Å². The van der Waals surface area contributed by atoms with Crippen molar-refractivity contribution < 1.29 is 4.79 Å². The molecule has 0 aromatic heterocycles. The predicted molar refractivity (Wildman–Crippen MR) is 96.7 cm³/mol. The van der Waals surface area contributed by atoms with Crippen LogP contribution >= 0.6 is 12.4 Å². The first-order valence-corrected chi connectivity index (χ1v) is 8.74. The van der Waals surface area contributed by atoms with Gasteiger partial charge in [-0.05, 0) is 49.1 Å². The molecule has 1 saturated heterocycles. The molecule has 3 rings (SSSR count). The second kappa shape index (κ2) is 8.16. The highest BCUT2D eigenvalue weighted by Crippen LogP contribution is 2.36. The Balaban J connectivity index is 0.00000192. The number of halogens is 1. The minimum atomic E-state index is 0. The summed E-state index contributed by atoms with van der Waals surface area (Å²) in [5, 5.41) is 0. The van der Waals surface area contributed by atoms with E-state index in [0.29, 0.717) is 30.2 Å². The summed E-state index contributed by atoms with van der Waals surface area (Å²) in [7, 11) is 0. The van der Waals surface area contributed by atoms with Crippen LogP contribution in [0, 0.1) is 17.8 Å². The Hall–Kier alpha value is -1.06. The summed E-state index contributed by atoms with van der Waals surface area (Å²) < 4.78 is 0. The second-order valence-corrected chi connectivity index (χ2v) is 7.10. The molecule has 2 fully saturated rings. The van der Waals surface area contributed by atoms with Crippen molar-refractivity contribution in [3.05, 3.63) is 35.9 Å². The highest BCUT2D eigenvalue weighted by atomic mass is 35.5. The third-order valence-corrected chi connectivity index (χ3v) is 5.72. The first-order chi connectivity index (χ1) is 10.7. The second-order valence-electron chi connectivity index (χ2n) is 7.10. The van der Waals surface area contributed by atoms with Gasteiger partial charge in [0.05, 0.1) is 0 Å². The van der Waals surface area contributed by atoms with E-state index in [2.05, 4.69) is 42.2 Å². The SMILES string of the molecule is CC1CN(C(=O)[C@@H]2CCC[C@@H]2CN)CCC1c1ccccc1.Cl. The number of rotatable bonds is 3. The Bertz CT molecular complexity index is 507. The van der Waals surface area contributed by atoms with Crippen LogP contribution in [0.5, 0.6) is 0 Å². The van der Waals surface area contributed by atoms with E-state index in [4.69, 9.17) is 5.73 Å². The van der Waals surface area contributed by atoms with Gasteiger partial charge >= 0.3 is 0 Å². The van der Waals surface area contributed by atoms with E-state index in [1.807, 2.05) is 0 Å². The quantitative estimate of drug-likeness (QED) is 0.919. The molecule has 2 N–H and O–H groups in total. The summed E-state index contributed by atoms with van der Waals surface area (Å²) in [6, 6.07) is 10.7. The van der Waals surface area contributed by atoms with Crippen molar-refractivity contribution in [1.82, 2.24) is 4.90 Å². The van der Waals surface area contributed by atoms with Gasteiger partial charge < -0.3 is 10.6 Å². The Kier molecular flexibility index (Phi) is 6.49. The first kappa shape index (κ1) is 18.3. The van der Waals surface area contributed by atoms with Gasteiger partial charge in [0, 0.05) is 19.0 Å². The van der Waals surface area contributed by atoms with Crippen LogP contribution < -0.4 is 5.73 Å². The molecular weight excluding hydrogens is 308 g/mol. The summed E-state index contributed by atoms with van der Waals surface area (Å²) in [5.74, 6) is 2.07. The molecule has 1 saturated carbocycles. The molecule has 23 heavy (non-hydrogen) atoms. The van der Waals surface area contributed by atoms with Gasteiger partial charge in [-0.3, -0.25) is 4.79 Å². The monoisotopic (exact) mass is 336 g/mol. The van der Waals surface area contributed by atoms with Crippen LogP contribution in [0.25, 0.3) is 0 Å². The summed E-state index contributed by atoms with van der Waals surface area (Å²) in [4.78, 5) is 14.9. The average Bonchev–Trinajstić information content (AvgIpc) is 3.03. The number of carbonyl (C=O) groups is 1. The molecule has 1 amide bonds. The number of carbonyl (C=O) groups excluding carboxylic acids is 1. The lowest BCUT2D eigenvalue weighted by Crippen LogP contribution is -2.46. The fourth-order valence-electron chi connectivity index (χ4n) is 4.42. The minimum Gasteiger partial charge on any atom is -0.342 e. The summed E-state index contributed by atoms with van der Waals surface area (Å²) in [5.41, 5.74) is 7.27. The molecule has 1 heterocycles. The number of hydrogen-bond acceptors (Lipinski definition) is 2. The molecule has 4 heteroatoms. The van der Waals surface area contributed by atoms with E-state index in [0.717, 1.165) is 38.8 Å². The molecule has 2 aliphatic rings. The lowest BCUT2D eigenvalue weighted by atomic mass is 9.81. The van der Waals surface area contributed by atoms with Crippen molar-refractivity contribution in [2.75, 3.05) is 19.6 Å². The molecule has 0 spiro atoms. The van der Waals surface area contributed by atoms with E-state index < -0.39 is 0 Å². The van der Waals surface area contributed by atoms with Crippen molar-refractivity contribution >= 4 is 18.3 Å². The summed E-state index contributed by atoms with van der Waals surface area (Å²) >= 11 is 0. The highest BCUT2D eigenvalue weighted by molar-refractivity contribution is 5.85. The van der Waals surface area contributed by atoms with Crippen LogP contribution in [0.2, 0.25) is 0 Å². The lowest BCUT2D eigenvalue weighted by Gasteiger charge is -2.39. The normalized spacial score (nSPS) is 30.8. The first-order valence-electron chi connectivity index (χ1n) is 8.74. The third kappa shape index (κ3) is 3.89. The zero-order chi connectivity index (χ0) is 15.5. The van der Waals surface area contributed by atoms with Gasteiger partial charge in [0.1, 0.15) is 0 Å². The number of nitrogens with two attached hydrogens (primary N) is 1. The maximum Gasteiger partial charge on any atom is 0.226 e. The number of benzene rings is 1. The maximum absolute atomic E-state index is 12.8. The van der Waals surface area contributed by atoms with Gasteiger partial charge in [0.2, 0.25) is 5.91 Å². The maximum atomic E-state index is 12.8. The van der Waals surface area contributed by atoms with Gasteiger partial charge in [-0.2, -0.15) is 0 Å². The smallest absolute Gasteiger partial charge is 0.226 e. The van der Waals surface area contributed by atoms with Crippen LogP contribution in [0.1, 0.15) is 44.1 Å². The molecule has 0 radical (unpaired) electrons. The van der Waals surface area contributed by atoms with Crippen LogP contribution in [0.4, 0.5) is 0 Å². The molecule has 1 aliphatic carbocycles. The van der Waals surface area contributed by atoms with Crippen molar-refractivity contribution in [2.24, 2.45) is 23.5 Å². The zero-order valence-corrected chi connectivity index (χ0v) is 14.8. The minimum absolute atomic E-state index is 0. The van der Waals surface area contributed by atoms with Gasteiger partial charge in [-0.15, -0.1) is 12.4 Å². The molecule has 1 aliphatic heterocycles. The van der Waals surface area contributed by atoms with Crippen LogP contribution in [-0.2, 0) is 4.79 Å². The molecule has 128 valence electrons. The van der Waals surface area contributed by atoms with E-state index in [1.54, 1.807) is 0 Å². The Morgan fingerprint density at radius 3 is 2.61 bits per heavy atom. The van der Waals surface area contributed by atoms with E-state index in [9.17, 15) is 4.79 Å². The largest absolute Gasteiger partial charge is 0.342 e. The zero-order valence-electron chi connectivity index (χ0n) is 14.0. The predicted octanol–water partition coefficient (Wildman–Crippen LogP) is 3.44. The third-order valence-electron chi connectivity index (χ3n) is 5.72. The molecule has 1 aromatic carbocycles. The topological polar surface area (TPSA) is 46.3 Å². The molecule has 1 aromatic rings. The summed E-state index contributed by atoms with van der Waals surface area (Å²) in [6.07, 6.45) is 4.40. The Morgan fingerprint density at radius 2 is 1.96 bits per heavy atom. The molecule has 2 unspecified atom stereocenters. The van der Waals surface area contributed by atoms with Crippen LogP contribution in [-0.4, -0.2) is 30.4 Å². The standard InChI is InChI=1S/C19H28N2O.ClH/c1-14-13-21(19(22)18-9-5-8-16(18)12-20)11-10-17(14)15-6-3-2-4-7-15;/h2-4,6-7,14,16-18H,5,8-13,20H2,1H3;1H/t14?,16-,17?,18-;/m1./s1. The fourth-order valence-corrected chi connectivity index (χ4v) is 4.42. The van der Waals surface area contributed by atoms with Crippen LogP contribution in [0.15, 0.2) is 30.3 Å². The van der Waals surface area contributed by atoms with Crippen molar-refractivity contribution in [3.63, 3.8) is 0 Å². The van der Waals surface area contributed by atoms with Crippen molar-refractivity contribution in [1.29, 1.82) is 0 Å². The van der Waals surface area contributed by atoms with Crippen molar-refractivity contribution in [3.8, 4) is 0 Å². The van der Waals surface area contributed by atoms with E-state index in [1.165, 1.54) is 5.56 Å². The van der Waals surface area contributed by atoms with Gasteiger partial charge in [0.15, 0.2) is 0 Å². The molecule has 3 nitrogen and oxygen atoms in total. The molecular formula is C19H29ClN2O. The average molecular weight is 337 g/mol. The van der Waals surface area contributed by atoms with E-state index >= 15 is 0 Å². The number of piperidine rings is 1. The van der Waals surface area contributed by atoms with Gasteiger partial charge in [-0.1, -0.05) is 43.7 Å².